The predicted molar refractivity (Wildman–Crippen MR) is 74.0 cm³/mol. The molecule has 0 saturated carbocycles. The molecule has 0 radical (unpaired) electrons. The third-order valence-corrected chi connectivity index (χ3v) is 3.34. The maximum absolute atomic E-state index is 11.7. The van der Waals surface area contributed by atoms with E-state index in [2.05, 4.69) is 25.9 Å². The Balaban J connectivity index is 2.62. The number of hydrogen-bond acceptors (Lipinski definition) is 3. The van der Waals surface area contributed by atoms with Gasteiger partial charge in [0.2, 0.25) is 5.88 Å². The normalized spacial score (nSPS) is 10.6. The molecule has 0 unspecified atom stereocenters. The molecule has 18 heavy (non-hydrogen) atoms. The number of aromatic hydroxyl groups is 1. The first-order valence-electron chi connectivity index (χ1n) is 5.30. The Morgan fingerprint density at radius 1 is 1.50 bits per heavy atom. The summed E-state index contributed by atoms with van der Waals surface area (Å²) < 4.78 is 0.827. The largest absolute Gasteiger partial charge is 0.493 e. The average molecular weight is 330 g/mol. The molecule has 0 aliphatic carbocycles. The molecule has 0 aliphatic rings. The van der Waals surface area contributed by atoms with E-state index in [1.807, 2.05) is 0 Å². The van der Waals surface area contributed by atoms with E-state index in [0.717, 1.165) is 4.47 Å². The summed E-state index contributed by atoms with van der Waals surface area (Å²) in [6, 6.07) is 5.20. The number of rotatable bonds is 2. The first kappa shape index (κ1) is 13.1. The lowest BCUT2D eigenvalue weighted by Crippen LogP contribution is -2.14. The van der Waals surface area contributed by atoms with Crippen LogP contribution >= 0.6 is 27.5 Å². The smallest absolute Gasteiger partial charge is 0.258 e. The van der Waals surface area contributed by atoms with Gasteiger partial charge < -0.3 is 10.1 Å². The van der Waals surface area contributed by atoms with Crippen LogP contribution in [0.5, 0.6) is 5.88 Å². The highest BCUT2D eigenvalue weighted by atomic mass is 79.9. The van der Waals surface area contributed by atoms with Crippen molar-refractivity contribution in [2.45, 2.75) is 13.3 Å². The van der Waals surface area contributed by atoms with E-state index in [1.165, 1.54) is 0 Å². The third-order valence-electron chi connectivity index (χ3n) is 2.53. The minimum Gasteiger partial charge on any atom is -0.493 e. The van der Waals surface area contributed by atoms with E-state index in [1.54, 1.807) is 25.1 Å². The summed E-state index contributed by atoms with van der Waals surface area (Å²) >= 11 is 9.36. The summed E-state index contributed by atoms with van der Waals surface area (Å²) in [5.41, 5.74) is 0.487. The van der Waals surface area contributed by atoms with Crippen molar-refractivity contribution in [2.24, 2.45) is 0 Å². The molecule has 6 heteroatoms. The van der Waals surface area contributed by atoms with Crippen LogP contribution in [0.25, 0.3) is 11.4 Å². The number of benzene rings is 1. The molecule has 0 bridgehead atoms. The highest BCUT2D eigenvalue weighted by molar-refractivity contribution is 9.10. The molecule has 2 rings (SSSR count). The van der Waals surface area contributed by atoms with E-state index in [4.69, 9.17) is 11.6 Å². The highest BCUT2D eigenvalue weighted by Gasteiger charge is 2.12. The van der Waals surface area contributed by atoms with Crippen LogP contribution in [0.1, 0.15) is 12.5 Å². The number of aromatic amines is 1. The number of halogens is 2. The van der Waals surface area contributed by atoms with E-state index in [-0.39, 0.29) is 22.8 Å². The molecule has 0 aliphatic heterocycles. The Morgan fingerprint density at radius 3 is 2.78 bits per heavy atom. The molecule has 0 fully saturated rings. The molecule has 4 nitrogen and oxygen atoms in total. The second-order valence-corrected chi connectivity index (χ2v) is 5.02. The molecule has 0 spiro atoms. The summed E-state index contributed by atoms with van der Waals surface area (Å²) in [7, 11) is 0. The summed E-state index contributed by atoms with van der Waals surface area (Å²) in [6.07, 6.45) is 0.419. The number of H-pyrrole nitrogens is 1. The molecule has 94 valence electrons. The van der Waals surface area contributed by atoms with Gasteiger partial charge in [0.15, 0.2) is 0 Å². The second kappa shape index (κ2) is 5.12. The summed E-state index contributed by atoms with van der Waals surface area (Å²) in [5, 5.41) is 10.1. The van der Waals surface area contributed by atoms with Gasteiger partial charge in [0, 0.05) is 10.0 Å². The Hall–Kier alpha value is -1.33. The summed E-state index contributed by atoms with van der Waals surface area (Å²) in [4.78, 5) is 18.3. The van der Waals surface area contributed by atoms with Crippen molar-refractivity contribution in [1.29, 1.82) is 0 Å². The van der Waals surface area contributed by atoms with Crippen LogP contribution in [-0.4, -0.2) is 15.1 Å². The fourth-order valence-corrected chi connectivity index (χ4v) is 2.38. The first-order chi connectivity index (χ1) is 8.52. The molecule has 0 saturated heterocycles. The van der Waals surface area contributed by atoms with Crippen molar-refractivity contribution in [3.63, 3.8) is 0 Å². The van der Waals surface area contributed by atoms with Crippen molar-refractivity contribution >= 4 is 27.5 Å². The van der Waals surface area contributed by atoms with Crippen molar-refractivity contribution in [1.82, 2.24) is 9.97 Å². The van der Waals surface area contributed by atoms with Crippen LogP contribution in [0.15, 0.2) is 27.5 Å². The second-order valence-electron chi connectivity index (χ2n) is 3.69. The first-order valence-corrected chi connectivity index (χ1v) is 6.47. The standard InChI is InChI=1S/C12H10BrClN2O2/c1-2-7-11(17)15-10(16-12(7)18)8-4-3-6(13)5-9(8)14/h3-5H,2H2,1H3,(H2,15,16,17,18). The lowest BCUT2D eigenvalue weighted by Gasteiger charge is -2.06. The number of aromatic nitrogens is 2. The Kier molecular flexibility index (Phi) is 3.73. The molecule has 2 aromatic rings. The fourth-order valence-electron chi connectivity index (χ4n) is 1.61. The molecule has 1 aromatic heterocycles. The van der Waals surface area contributed by atoms with Crippen molar-refractivity contribution < 1.29 is 5.11 Å². The molecular formula is C12H10BrClN2O2. The fraction of sp³-hybridized carbons (Fsp3) is 0.167. The summed E-state index contributed by atoms with van der Waals surface area (Å²) in [6.45, 7) is 1.78. The van der Waals surface area contributed by atoms with Gasteiger partial charge in [-0.25, -0.2) is 0 Å². The lowest BCUT2D eigenvalue weighted by molar-refractivity contribution is 0.444. The predicted octanol–water partition coefficient (Wildman–Crippen LogP) is 3.12. The van der Waals surface area contributed by atoms with Crippen molar-refractivity contribution in [2.75, 3.05) is 0 Å². The van der Waals surface area contributed by atoms with Crippen LogP contribution in [-0.2, 0) is 6.42 Å². The van der Waals surface area contributed by atoms with Gasteiger partial charge in [0.05, 0.1) is 10.6 Å². The zero-order valence-electron chi connectivity index (χ0n) is 9.50. The molecular weight excluding hydrogens is 320 g/mol. The van der Waals surface area contributed by atoms with Crippen LogP contribution < -0.4 is 5.56 Å². The van der Waals surface area contributed by atoms with E-state index >= 15 is 0 Å². The van der Waals surface area contributed by atoms with E-state index < -0.39 is 0 Å². The van der Waals surface area contributed by atoms with Gasteiger partial charge in [-0.2, -0.15) is 4.98 Å². The number of nitrogens with one attached hydrogen (secondary N) is 1. The van der Waals surface area contributed by atoms with E-state index in [9.17, 15) is 9.90 Å². The molecule has 1 heterocycles. The zero-order valence-corrected chi connectivity index (χ0v) is 11.8. The van der Waals surface area contributed by atoms with Gasteiger partial charge in [0.1, 0.15) is 5.82 Å². The monoisotopic (exact) mass is 328 g/mol. The Labute approximate surface area is 117 Å². The molecule has 2 N–H and O–H groups in total. The number of hydrogen-bond donors (Lipinski definition) is 2. The van der Waals surface area contributed by atoms with Crippen LogP contribution in [0.4, 0.5) is 0 Å². The molecule has 0 atom stereocenters. The van der Waals surface area contributed by atoms with Crippen LogP contribution in [0, 0.1) is 0 Å². The Morgan fingerprint density at radius 2 is 2.22 bits per heavy atom. The topological polar surface area (TPSA) is 66.0 Å². The Bertz CT molecular complexity index is 655. The molecule has 1 aromatic carbocycles. The highest BCUT2D eigenvalue weighted by Crippen LogP contribution is 2.28. The van der Waals surface area contributed by atoms with E-state index in [0.29, 0.717) is 17.0 Å². The van der Waals surface area contributed by atoms with Gasteiger partial charge >= 0.3 is 0 Å². The third kappa shape index (κ3) is 2.42. The van der Waals surface area contributed by atoms with Crippen LogP contribution in [0.3, 0.4) is 0 Å². The minimum atomic E-state index is -0.348. The van der Waals surface area contributed by atoms with Gasteiger partial charge in [-0.05, 0) is 24.6 Å². The maximum atomic E-state index is 11.7. The van der Waals surface area contributed by atoms with Crippen LogP contribution in [0.2, 0.25) is 5.02 Å². The average Bonchev–Trinajstić information content (AvgIpc) is 2.28. The van der Waals surface area contributed by atoms with Gasteiger partial charge in [-0.15, -0.1) is 0 Å². The zero-order chi connectivity index (χ0) is 13.3. The van der Waals surface area contributed by atoms with Gasteiger partial charge in [0.25, 0.3) is 5.56 Å². The number of nitrogens with zero attached hydrogens (tertiary/aromatic N) is 1. The SMILES string of the molecule is CCc1c(O)nc(-c2ccc(Br)cc2Cl)[nH]c1=O. The quantitative estimate of drug-likeness (QED) is 0.889. The minimum absolute atomic E-state index is 0.254. The van der Waals surface area contributed by atoms with Gasteiger partial charge in [-0.1, -0.05) is 34.5 Å². The van der Waals surface area contributed by atoms with Crippen molar-refractivity contribution in [3.8, 4) is 17.3 Å². The molecule has 0 amide bonds. The maximum Gasteiger partial charge on any atom is 0.258 e. The lowest BCUT2D eigenvalue weighted by atomic mass is 10.2. The summed E-state index contributed by atoms with van der Waals surface area (Å²) in [5.74, 6) is 0.00226. The van der Waals surface area contributed by atoms with Gasteiger partial charge in [-0.3, -0.25) is 4.79 Å². The van der Waals surface area contributed by atoms with Crippen molar-refractivity contribution in [3.05, 3.63) is 43.6 Å².